The number of hydrogen-bond donors (Lipinski definition) is 0. The summed E-state index contributed by atoms with van der Waals surface area (Å²) in [5, 5.41) is 0.652. The number of hydrogen-bond acceptors (Lipinski definition) is 6. The molecule has 1 aliphatic rings. The van der Waals surface area contributed by atoms with Crippen LogP contribution in [0.1, 0.15) is 23.6 Å². The van der Waals surface area contributed by atoms with Gasteiger partial charge in [0.2, 0.25) is 0 Å². The summed E-state index contributed by atoms with van der Waals surface area (Å²) in [5.41, 5.74) is 3.90. The molecule has 0 unspecified atom stereocenters. The third kappa shape index (κ3) is 5.87. The Morgan fingerprint density at radius 2 is 1.69 bits per heavy atom. The molecule has 6 nitrogen and oxygen atoms in total. The molecule has 7 heteroatoms. The lowest BCUT2D eigenvalue weighted by Gasteiger charge is -2.12. The van der Waals surface area contributed by atoms with E-state index >= 15 is 0 Å². The number of aryl methyl sites for hydroxylation is 1. The van der Waals surface area contributed by atoms with E-state index in [1.54, 1.807) is 19.1 Å². The predicted molar refractivity (Wildman–Crippen MR) is 142 cm³/mol. The first kappa shape index (κ1) is 24.4. The van der Waals surface area contributed by atoms with E-state index in [1.165, 1.54) is 17.3 Å². The van der Waals surface area contributed by atoms with E-state index in [0.717, 1.165) is 22.6 Å². The van der Waals surface area contributed by atoms with Crippen LogP contribution in [0.4, 0.5) is 5.69 Å². The average Bonchev–Trinajstić information content (AvgIpc) is 3.17. The van der Waals surface area contributed by atoms with E-state index in [1.807, 2.05) is 67.6 Å². The number of methoxy groups -OCH3 is 2. The minimum Gasteiger partial charge on any atom is -0.497 e. The maximum absolute atomic E-state index is 13.0. The van der Waals surface area contributed by atoms with Crippen molar-refractivity contribution in [3.05, 3.63) is 88.3 Å². The van der Waals surface area contributed by atoms with E-state index in [2.05, 4.69) is 24.0 Å². The Hall–Kier alpha value is -3.71. The van der Waals surface area contributed by atoms with Crippen LogP contribution in [-0.2, 0) is 11.4 Å². The van der Waals surface area contributed by atoms with Crippen LogP contribution in [-0.4, -0.2) is 36.7 Å². The third-order valence-electron chi connectivity index (χ3n) is 5.50. The zero-order chi connectivity index (χ0) is 24.8. The minimum absolute atomic E-state index is 0.0663. The fourth-order valence-corrected chi connectivity index (χ4v) is 4.59. The highest BCUT2D eigenvalue weighted by Gasteiger charge is 2.32. The van der Waals surface area contributed by atoms with Crippen molar-refractivity contribution < 1.29 is 19.0 Å². The second-order valence-corrected chi connectivity index (χ2v) is 8.95. The number of nitrogens with zero attached hydrogens (tertiary/aromatic N) is 2. The van der Waals surface area contributed by atoms with Crippen molar-refractivity contribution in [2.24, 2.45) is 4.99 Å². The standard InChI is InChI=1S/C28H28N2O4S/c1-5-30-27(31)26(35-28(30)29-22-11-13-23(32-3)14-12-22)17-21-10-15-24(25(16-21)33-4)34-18-20-8-6-19(2)7-9-20/h6-17H,5,18H2,1-4H3. The summed E-state index contributed by atoms with van der Waals surface area (Å²) in [7, 11) is 3.24. The number of likely N-dealkylation sites (N-methyl/N-ethyl adjacent to an activating group) is 1. The first-order valence-electron chi connectivity index (χ1n) is 11.3. The van der Waals surface area contributed by atoms with Gasteiger partial charge in [-0.25, -0.2) is 4.99 Å². The highest BCUT2D eigenvalue weighted by Crippen LogP contribution is 2.36. The number of carbonyl (C=O) groups excluding carboxylic acids is 1. The summed E-state index contributed by atoms with van der Waals surface area (Å²) < 4.78 is 16.7. The molecule has 0 radical (unpaired) electrons. The van der Waals surface area contributed by atoms with Gasteiger partial charge in [0.05, 0.1) is 24.8 Å². The molecular weight excluding hydrogens is 460 g/mol. The number of rotatable bonds is 8. The van der Waals surface area contributed by atoms with Crippen molar-refractivity contribution in [2.45, 2.75) is 20.5 Å². The average molecular weight is 489 g/mol. The summed E-state index contributed by atoms with van der Waals surface area (Å²) in [5.74, 6) is 1.96. The molecule has 4 rings (SSSR count). The number of amides is 1. The van der Waals surface area contributed by atoms with Crippen LogP contribution in [0.2, 0.25) is 0 Å². The van der Waals surface area contributed by atoms with Crippen LogP contribution >= 0.6 is 11.8 Å². The Balaban J connectivity index is 1.52. The Labute approximate surface area is 210 Å². The van der Waals surface area contributed by atoms with Gasteiger partial charge in [-0.3, -0.25) is 9.69 Å². The maximum atomic E-state index is 13.0. The molecule has 0 N–H and O–H groups in total. The number of aliphatic imine (C=N–C) groups is 1. The molecule has 3 aromatic rings. The summed E-state index contributed by atoms with van der Waals surface area (Å²) in [6.07, 6.45) is 1.86. The van der Waals surface area contributed by atoms with Crippen molar-refractivity contribution >= 4 is 34.6 Å². The van der Waals surface area contributed by atoms with Crippen LogP contribution < -0.4 is 14.2 Å². The number of thioether (sulfide) groups is 1. The molecule has 0 saturated carbocycles. The molecular formula is C28H28N2O4S. The Kier molecular flexibility index (Phi) is 7.77. The lowest BCUT2D eigenvalue weighted by atomic mass is 10.1. The first-order chi connectivity index (χ1) is 17.0. The van der Waals surface area contributed by atoms with Crippen LogP contribution in [0.25, 0.3) is 6.08 Å². The van der Waals surface area contributed by atoms with Gasteiger partial charge in [-0.15, -0.1) is 0 Å². The van der Waals surface area contributed by atoms with Crippen molar-refractivity contribution in [3.8, 4) is 17.2 Å². The van der Waals surface area contributed by atoms with E-state index in [4.69, 9.17) is 14.2 Å². The highest BCUT2D eigenvalue weighted by atomic mass is 32.2. The van der Waals surface area contributed by atoms with Gasteiger partial charge < -0.3 is 14.2 Å². The number of benzene rings is 3. The maximum Gasteiger partial charge on any atom is 0.266 e. The topological polar surface area (TPSA) is 60.4 Å². The van der Waals surface area contributed by atoms with Gasteiger partial charge >= 0.3 is 0 Å². The van der Waals surface area contributed by atoms with Crippen molar-refractivity contribution in [3.63, 3.8) is 0 Å². The quantitative estimate of drug-likeness (QED) is 0.353. The van der Waals surface area contributed by atoms with Crippen molar-refractivity contribution in [1.82, 2.24) is 4.90 Å². The molecule has 180 valence electrons. The Bertz CT molecular complexity index is 1250. The molecule has 1 fully saturated rings. The summed E-state index contributed by atoms with van der Waals surface area (Å²) in [6, 6.07) is 21.3. The fourth-order valence-electron chi connectivity index (χ4n) is 3.53. The minimum atomic E-state index is -0.0663. The monoisotopic (exact) mass is 488 g/mol. The molecule has 1 heterocycles. The number of ether oxygens (including phenoxy) is 3. The highest BCUT2D eigenvalue weighted by molar-refractivity contribution is 8.18. The van der Waals surface area contributed by atoms with E-state index < -0.39 is 0 Å². The SMILES string of the molecule is CCN1C(=O)C(=Cc2ccc(OCc3ccc(C)cc3)c(OC)c2)SC1=Nc1ccc(OC)cc1. The van der Waals surface area contributed by atoms with Crippen molar-refractivity contribution in [2.75, 3.05) is 20.8 Å². The third-order valence-corrected chi connectivity index (χ3v) is 6.51. The van der Waals surface area contributed by atoms with Gasteiger partial charge in [0.15, 0.2) is 16.7 Å². The second kappa shape index (κ2) is 11.1. The normalized spacial score (nSPS) is 15.7. The van der Waals surface area contributed by atoms with E-state index in [0.29, 0.717) is 34.7 Å². The first-order valence-corrected chi connectivity index (χ1v) is 12.1. The second-order valence-electron chi connectivity index (χ2n) is 7.94. The summed E-state index contributed by atoms with van der Waals surface area (Å²) in [4.78, 5) is 20.0. The van der Waals surface area contributed by atoms with Crippen molar-refractivity contribution in [1.29, 1.82) is 0 Å². The molecule has 0 spiro atoms. The molecule has 1 saturated heterocycles. The van der Waals surface area contributed by atoms with Gasteiger partial charge in [-0.05, 0) is 79.2 Å². The lowest BCUT2D eigenvalue weighted by molar-refractivity contribution is -0.122. The van der Waals surface area contributed by atoms with E-state index in [-0.39, 0.29) is 5.91 Å². The molecule has 0 aromatic heterocycles. The smallest absolute Gasteiger partial charge is 0.266 e. The van der Waals surface area contributed by atoms with Gasteiger partial charge in [0.1, 0.15) is 12.4 Å². The molecule has 1 aliphatic heterocycles. The number of amidine groups is 1. The van der Waals surface area contributed by atoms with Crippen LogP contribution in [0.3, 0.4) is 0 Å². The molecule has 1 amide bonds. The largest absolute Gasteiger partial charge is 0.497 e. The molecule has 35 heavy (non-hydrogen) atoms. The Morgan fingerprint density at radius 1 is 0.943 bits per heavy atom. The molecule has 0 atom stereocenters. The molecule has 3 aromatic carbocycles. The lowest BCUT2D eigenvalue weighted by Crippen LogP contribution is -2.28. The zero-order valence-corrected chi connectivity index (χ0v) is 21.1. The predicted octanol–water partition coefficient (Wildman–Crippen LogP) is 6.22. The number of carbonyl (C=O) groups is 1. The fraction of sp³-hybridized carbons (Fsp3) is 0.214. The Morgan fingerprint density at radius 3 is 2.34 bits per heavy atom. The van der Waals surface area contributed by atoms with Crippen LogP contribution in [0.15, 0.2) is 76.6 Å². The van der Waals surface area contributed by atoms with Crippen LogP contribution in [0.5, 0.6) is 17.2 Å². The van der Waals surface area contributed by atoms with Gasteiger partial charge in [0, 0.05) is 6.54 Å². The van der Waals surface area contributed by atoms with E-state index in [9.17, 15) is 4.79 Å². The van der Waals surface area contributed by atoms with Gasteiger partial charge in [-0.2, -0.15) is 0 Å². The summed E-state index contributed by atoms with van der Waals surface area (Å²) >= 11 is 1.36. The van der Waals surface area contributed by atoms with Gasteiger partial charge in [-0.1, -0.05) is 35.9 Å². The summed E-state index contributed by atoms with van der Waals surface area (Å²) in [6.45, 7) is 4.98. The van der Waals surface area contributed by atoms with Crippen LogP contribution in [0, 0.1) is 6.92 Å². The molecule has 0 aliphatic carbocycles. The zero-order valence-electron chi connectivity index (χ0n) is 20.3. The van der Waals surface area contributed by atoms with Gasteiger partial charge in [0.25, 0.3) is 5.91 Å². The molecule has 0 bridgehead atoms.